The molecule has 0 saturated carbocycles. The summed E-state index contributed by atoms with van der Waals surface area (Å²) in [6.45, 7) is -0.0746. The lowest BCUT2D eigenvalue weighted by atomic mass is 9.98. The summed E-state index contributed by atoms with van der Waals surface area (Å²) in [5.74, 6) is -2.06. The van der Waals surface area contributed by atoms with Crippen molar-refractivity contribution >= 4 is 17.8 Å². The number of carbonyl (C=O) groups excluding carboxylic acids is 2. The molecule has 0 aromatic rings. The van der Waals surface area contributed by atoms with Crippen molar-refractivity contribution in [3.63, 3.8) is 0 Å². The largest absolute Gasteiger partial charge is 0.480 e. The van der Waals surface area contributed by atoms with E-state index in [0.717, 1.165) is 0 Å². The van der Waals surface area contributed by atoms with E-state index in [-0.39, 0.29) is 31.9 Å². The summed E-state index contributed by atoms with van der Waals surface area (Å²) in [4.78, 5) is 33.3. The first-order chi connectivity index (χ1) is 8.04. The summed E-state index contributed by atoms with van der Waals surface area (Å²) in [5.41, 5.74) is 0. The number of carbonyl (C=O) groups is 3. The number of rotatable bonds is 5. The van der Waals surface area contributed by atoms with Gasteiger partial charge in [0.25, 0.3) is 0 Å². The first-order valence-corrected chi connectivity index (χ1v) is 5.45. The number of carboxylic acid groups (broad SMARTS) is 1. The van der Waals surface area contributed by atoms with Crippen molar-refractivity contribution in [2.24, 2.45) is 5.92 Å². The van der Waals surface area contributed by atoms with Crippen LogP contribution in [0.3, 0.4) is 0 Å². The molecule has 1 fully saturated rings. The molecule has 2 unspecified atom stereocenters. The minimum Gasteiger partial charge on any atom is -0.480 e. The molecular weight excluding hydrogens is 228 g/mol. The van der Waals surface area contributed by atoms with Gasteiger partial charge in [-0.15, -0.1) is 0 Å². The van der Waals surface area contributed by atoms with Crippen LogP contribution >= 0.6 is 0 Å². The fourth-order valence-corrected chi connectivity index (χ4v) is 1.63. The van der Waals surface area contributed by atoms with Crippen LogP contribution in [0, 0.1) is 5.92 Å². The summed E-state index contributed by atoms with van der Waals surface area (Å²) >= 11 is 0. The Hall–Kier alpha value is -1.63. The number of hydrogen-bond acceptors (Lipinski definition) is 4. The van der Waals surface area contributed by atoms with Crippen molar-refractivity contribution in [2.45, 2.75) is 25.3 Å². The third-order valence-corrected chi connectivity index (χ3v) is 2.67. The first-order valence-electron chi connectivity index (χ1n) is 5.45. The second-order valence-electron chi connectivity index (χ2n) is 3.95. The first kappa shape index (κ1) is 13.4. The maximum Gasteiger partial charge on any atom is 0.326 e. The molecule has 0 aromatic heterocycles. The molecule has 17 heavy (non-hydrogen) atoms. The van der Waals surface area contributed by atoms with Crippen LogP contribution in [-0.4, -0.2) is 47.2 Å². The number of aliphatic carboxylic acids is 1. The molecule has 2 atom stereocenters. The lowest BCUT2D eigenvalue weighted by Gasteiger charge is -2.23. The lowest BCUT2D eigenvalue weighted by Crippen LogP contribution is -2.48. The van der Waals surface area contributed by atoms with E-state index in [0.29, 0.717) is 6.42 Å². The van der Waals surface area contributed by atoms with Crippen molar-refractivity contribution < 1.29 is 24.6 Å². The number of aliphatic hydroxyl groups excluding tert-OH is 1. The van der Waals surface area contributed by atoms with Crippen LogP contribution in [0.2, 0.25) is 0 Å². The van der Waals surface area contributed by atoms with Gasteiger partial charge in [-0.05, 0) is 6.42 Å². The molecule has 7 nitrogen and oxygen atoms in total. The SMILES string of the molecule is O=C1CCC(C(=O)NC(CCO)C(=O)O)CN1. The highest BCUT2D eigenvalue weighted by molar-refractivity contribution is 5.87. The van der Waals surface area contributed by atoms with Gasteiger partial charge in [0.1, 0.15) is 6.04 Å². The predicted molar refractivity (Wildman–Crippen MR) is 57.0 cm³/mol. The normalized spacial score (nSPS) is 21.5. The zero-order chi connectivity index (χ0) is 12.8. The van der Waals surface area contributed by atoms with Gasteiger partial charge in [0, 0.05) is 26.0 Å². The molecular formula is C10H16N2O5. The molecule has 1 aliphatic heterocycles. The number of piperidine rings is 1. The molecule has 0 aromatic carbocycles. The van der Waals surface area contributed by atoms with Gasteiger partial charge in [-0.1, -0.05) is 0 Å². The molecule has 1 saturated heterocycles. The molecule has 0 bridgehead atoms. The van der Waals surface area contributed by atoms with Crippen molar-refractivity contribution in [2.75, 3.05) is 13.2 Å². The molecule has 1 aliphatic rings. The van der Waals surface area contributed by atoms with Crippen molar-refractivity contribution in [3.8, 4) is 0 Å². The molecule has 7 heteroatoms. The van der Waals surface area contributed by atoms with Crippen LogP contribution in [0.15, 0.2) is 0 Å². The van der Waals surface area contributed by atoms with Gasteiger partial charge in [0.15, 0.2) is 0 Å². The minimum atomic E-state index is -1.17. The van der Waals surface area contributed by atoms with Gasteiger partial charge in [-0.3, -0.25) is 9.59 Å². The number of amides is 2. The standard InChI is InChI=1S/C10H16N2O5/c13-4-3-7(10(16)17)12-9(15)6-1-2-8(14)11-5-6/h6-7,13H,1-5H2,(H,11,14)(H,12,15)(H,16,17). The maximum atomic E-state index is 11.7. The molecule has 2 amide bonds. The second-order valence-corrected chi connectivity index (χ2v) is 3.95. The summed E-state index contributed by atoms with van der Waals surface area (Å²) in [7, 11) is 0. The average Bonchev–Trinajstić information content (AvgIpc) is 2.29. The van der Waals surface area contributed by atoms with Crippen molar-refractivity contribution in [1.29, 1.82) is 0 Å². The Bertz CT molecular complexity index is 308. The number of hydrogen-bond donors (Lipinski definition) is 4. The van der Waals surface area contributed by atoms with Gasteiger partial charge in [-0.2, -0.15) is 0 Å². The van der Waals surface area contributed by atoms with Gasteiger partial charge >= 0.3 is 5.97 Å². The van der Waals surface area contributed by atoms with Crippen molar-refractivity contribution in [1.82, 2.24) is 10.6 Å². The van der Waals surface area contributed by atoms with E-state index in [1.165, 1.54) is 0 Å². The fourth-order valence-electron chi connectivity index (χ4n) is 1.63. The van der Waals surface area contributed by atoms with Gasteiger partial charge in [0.2, 0.25) is 11.8 Å². The Morgan fingerprint density at radius 2 is 2.24 bits per heavy atom. The minimum absolute atomic E-state index is 0.0276. The smallest absolute Gasteiger partial charge is 0.326 e. The molecule has 0 radical (unpaired) electrons. The average molecular weight is 244 g/mol. The summed E-state index contributed by atoms with van der Waals surface area (Å²) < 4.78 is 0. The highest BCUT2D eigenvalue weighted by Crippen LogP contribution is 2.11. The quantitative estimate of drug-likeness (QED) is 0.468. The summed E-state index contributed by atoms with van der Waals surface area (Å²) in [5, 5.41) is 22.4. The Balaban J connectivity index is 2.46. The van der Waals surface area contributed by atoms with Gasteiger partial charge in [-0.25, -0.2) is 4.79 Å². The highest BCUT2D eigenvalue weighted by atomic mass is 16.4. The van der Waals surface area contributed by atoms with E-state index in [4.69, 9.17) is 10.2 Å². The number of aliphatic hydroxyl groups is 1. The van der Waals surface area contributed by atoms with Crippen LogP contribution in [0.4, 0.5) is 0 Å². The third kappa shape index (κ3) is 4.03. The zero-order valence-corrected chi connectivity index (χ0v) is 9.31. The van der Waals surface area contributed by atoms with E-state index in [1.807, 2.05) is 0 Å². The van der Waals surface area contributed by atoms with E-state index < -0.39 is 23.8 Å². The van der Waals surface area contributed by atoms with Crippen LogP contribution in [0.5, 0.6) is 0 Å². The predicted octanol–water partition coefficient (Wildman–Crippen LogP) is -1.54. The molecule has 0 aliphatic carbocycles. The Morgan fingerprint density at radius 1 is 1.53 bits per heavy atom. The van der Waals surface area contributed by atoms with Gasteiger partial charge in [0.05, 0.1) is 5.92 Å². The maximum absolute atomic E-state index is 11.7. The summed E-state index contributed by atoms with van der Waals surface area (Å²) in [6.07, 6.45) is 0.666. The van der Waals surface area contributed by atoms with E-state index in [2.05, 4.69) is 10.6 Å². The molecule has 4 N–H and O–H groups in total. The molecule has 96 valence electrons. The number of nitrogens with one attached hydrogen (secondary N) is 2. The van der Waals surface area contributed by atoms with Crippen LogP contribution < -0.4 is 10.6 Å². The fraction of sp³-hybridized carbons (Fsp3) is 0.700. The van der Waals surface area contributed by atoms with E-state index in [9.17, 15) is 14.4 Å². The van der Waals surface area contributed by atoms with Crippen LogP contribution in [-0.2, 0) is 14.4 Å². The lowest BCUT2D eigenvalue weighted by molar-refractivity contribution is -0.143. The van der Waals surface area contributed by atoms with Crippen molar-refractivity contribution in [3.05, 3.63) is 0 Å². The van der Waals surface area contributed by atoms with E-state index in [1.54, 1.807) is 0 Å². The summed E-state index contributed by atoms with van der Waals surface area (Å²) in [6, 6.07) is -1.08. The Labute approximate surface area is 98.2 Å². The molecule has 0 spiro atoms. The monoisotopic (exact) mass is 244 g/mol. The van der Waals surface area contributed by atoms with Crippen LogP contribution in [0.1, 0.15) is 19.3 Å². The second kappa shape index (κ2) is 6.19. The topological polar surface area (TPSA) is 116 Å². The van der Waals surface area contributed by atoms with Gasteiger partial charge < -0.3 is 20.8 Å². The molecule has 1 heterocycles. The third-order valence-electron chi connectivity index (χ3n) is 2.67. The number of carboxylic acids is 1. The zero-order valence-electron chi connectivity index (χ0n) is 9.31. The Morgan fingerprint density at radius 3 is 2.71 bits per heavy atom. The molecule has 1 rings (SSSR count). The highest BCUT2D eigenvalue weighted by Gasteiger charge is 2.27. The van der Waals surface area contributed by atoms with E-state index >= 15 is 0 Å². The Kier molecular flexibility index (Phi) is 4.89. The van der Waals surface area contributed by atoms with Crippen LogP contribution in [0.25, 0.3) is 0 Å².